The maximum absolute atomic E-state index is 4.45. The van der Waals surface area contributed by atoms with E-state index in [1.165, 1.54) is 5.56 Å². The van der Waals surface area contributed by atoms with Crippen molar-refractivity contribution in [2.24, 2.45) is 17.4 Å². The van der Waals surface area contributed by atoms with E-state index in [0.29, 0.717) is 0 Å². The highest BCUT2D eigenvalue weighted by Gasteiger charge is 2.31. The number of nitrogens with zero attached hydrogens (tertiary/aromatic N) is 7. The van der Waals surface area contributed by atoms with E-state index in [2.05, 4.69) is 68.8 Å². The standard InChI is InChI=1S/C20H19N7/c1-14(15-5-6-18-16(10-15)4-3-8-21-18)27-20-13-26(9-7-19(20)23-24-27)17-11-22-25(2)12-17/h3-14,19H,1-2H3. The number of hydrogen-bond donors (Lipinski definition) is 0. The largest absolute Gasteiger partial charge is 0.319 e. The van der Waals surface area contributed by atoms with Crippen LogP contribution in [0.4, 0.5) is 5.69 Å². The van der Waals surface area contributed by atoms with Gasteiger partial charge in [-0.2, -0.15) is 10.2 Å². The van der Waals surface area contributed by atoms with Crippen molar-refractivity contribution in [1.29, 1.82) is 0 Å². The van der Waals surface area contributed by atoms with E-state index in [-0.39, 0.29) is 12.1 Å². The molecule has 2 aromatic heterocycles. The Morgan fingerprint density at radius 3 is 2.96 bits per heavy atom. The molecule has 2 aliphatic rings. The normalized spacial score (nSPS) is 19.5. The first kappa shape index (κ1) is 15.7. The summed E-state index contributed by atoms with van der Waals surface area (Å²) in [6, 6.07) is 10.4. The number of aromatic nitrogens is 3. The van der Waals surface area contributed by atoms with Gasteiger partial charge >= 0.3 is 0 Å². The third-order valence-corrected chi connectivity index (χ3v) is 5.01. The first-order valence-electron chi connectivity index (χ1n) is 8.91. The molecule has 1 aromatic carbocycles. The summed E-state index contributed by atoms with van der Waals surface area (Å²) in [5.41, 5.74) is 4.24. The Bertz CT molecular complexity index is 1090. The maximum atomic E-state index is 4.45. The van der Waals surface area contributed by atoms with Crippen LogP contribution in [0.1, 0.15) is 18.5 Å². The van der Waals surface area contributed by atoms with Crippen molar-refractivity contribution in [2.75, 3.05) is 4.90 Å². The molecule has 0 amide bonds. The predicted molar refractivity (Wildman–Crippen MR) is 104 cm³/mol. The molecular weight excluding hydrogens is 338 g/mol. The van der Waals surface area contributed by atoms with Gasteiger partial charge in [-0.15, -0.1) is 0 Å². The van der Waals surface area contributed by atoms with Gasteiger partial charge in [-0.3, -0.25) is 9.67 Å². The molecule has 0 N–H and O–H groups in total. The zero-order chi connectivity index (χ0) is 18.4. The molecule has 7 heteroatoms. The highest BCUT2D eigenvalue weighted by molar-refractivity contribution is 5.79. The molecule has 2 atom stereocenters. The highest BCUT2D eigenvalue weighted by atomic mass is 15.6. The number of pyridine rings is 1. The monoisotopic (exact) mass is 357 g/mol. The van der Waals surface area contributed by atoms with E-state index in [1.807, 2.05) is 42.9 Å². The quantitative estimate of drug-likeness (QED) is 0.712. The average molecular weight is 357 g/mol. The molecule has 0 radical (unpaired) electrons. The van der Waals surface area contributed by atoms with Gasteiger partial charge in [-0.05, 0) is 36.8 Å². The molecule has 27 heavy (non-hydrogen) atoms. The first-order valence-corrected chi connectivity index (χ1v) is 8.91. The Balaban J connectivity index is 1.47. The maximum Gasteiger partial charge on any atom is 0.136 e. The Morgan fingerprint density at radius 1 is 1.19 bits per heavy atom. The van der Waals surface area contributed by atoms with Gasteiger partial charge in [0.25, 0.3) is 0 Å². The number of rotatable bonds is 3. The van der Waals surface area contributed by atoms with Crippen molar-refractivity contribution >= 4 is 16.6 Å². The molecule has 0 spiro atoms. The number of hydrogen-bond acceptors (Lipinski definition) is 6. The van der Waals surface area contributed by atoms with E-state index >= 15 is 0 Å². The van der Waals surface area contributed by atoms with Crippen molar-refractivity contribution in [3.8, 4) is 0 Å². The van der Waals surface area contributed by atoms with Crippen molar-refractivity contribution in [3.05, 3.63) is 78.7 Å². The Hall–Kier alpha value is -3.48. The minimum absolute atomic E-state index is 0.0394. The summed E-state index contributed by atoms with van der Waals surface area (Å²) in [7, 11) is 1.91. The van der Waals surface area contributed by atoms with E-state index < -0.39 is 0 Å². The number of aryl methyl sites for hydroxylation is 1. The van der Waals surface area contributed by atoms with E-state index in [4.69, 9.17) is 0 Å². The summed E-state index contributed by atoms with van der Waals surface area (Å²) in [5, 5.41) is 16.2. The van der Waals surface area contributed by atoms with E-state index in [9.17, 15) is 0 Å². The molecular formula is C20H19N7. The topological polar surface area (TPSA) is 61.9 Å². The zero-order valence-corrected chi connectivity index (χ0v) is 15.1. The summed E-state index contributed by atoms with van der Waals surface area (Å²) in [6.45, 7) is 2.15. The van der Waals surface area contributed by atoms with Crippen molar-refractivity contribution in [2.45, 2.75) is 19.0 Å². The molecule has 0 saturated carbocycles. The molecule has 0 bridgehead atoms. The molecule has 0 saturated heterocycles. The van der Waals surface area contributed by atoms with E-state index in [1.54, 1.807) is 4.68 Å². The molecule has 2 aliphatic heterocycles. The fraction of sp³-hybridized carbons (Fsp3) is 0.200. The molecule has 0 aliphatic carbocycles. The molecule has 134 valence electrons. The van der Waals surface area contributed by atoms with Gasteiger partial charge in [0.05, 0.1) is 29.1 Å². The molecule has 3 aromatic rings. The van der Waals surface area contributed by atoms with Gasteiger partial charge in [0.1, 0.15) is 6.04 Å². The SMILES string of the molecule is CC(c1ccc2ncccc2c1)N1N=NC2C=CN(c3cnn(C)c3)C=C21. The van der Waals surface area contributed by atoms with Crippen LogP contribution in [-0.2, 0) is 7.05 Å². The fourth-order valence-electron chi connectivity index (χ4n) is 3.49. The summed E-state index contributed by atoms with van der Waals surface area (Å²) < 4.78 is 1.79. The minimum atomic E-state index is -0.0394. The molecule has 0 fully saturated rings. The minimum Gasteiger partial charge on any atom is -0.319 e. The number of anilines is 1. The van der Waals surface area contributed by atoms with Crippen LogP contribution < -0.4 is 4.90 Å². The first-order chi connectivity index (χ1) is 13.2. The van der Waals surface area contributed by atoms with Gasteiger partial charge in [0, 0.05) is 37.2 Å². The van der Waals surface area contributed by atoms with Crippen molar-refractivity contribution in [1.82, 2.24) is 19.8 Å². The molecule has 4 heterocycles. The van der Waals surface area contributed by atoms with Gasteiger partial charge in [-0.25, -0.2) is 5.01 Å². The molecule has 7 nitrogen and oxygen atoms in total. The van der Waals surface area contributed by atoms with Crippen LogP contribution in [-0.4, -0.2) is 25.8 Å². The van der Waals surface area contributed by atoms with Crippen LogP contribution in [0.2, 0.25) is 0 Å². The van der Waals surface area contributed by atoms with Crippen LogP contribution >= 0.6 is 0 Å². The Labute approximate surface area is 156 Å². The fourth-order valence-corrected chi connectivity index (χ4v) is 3.49. The summed E-state index contributed by atoms with van der Waals surface area (Å²) in [6.07, 6.45) is 11.8. The number of fused-ring (bicyclic) bond motifs is 2. The van der Waals surface area contributed by atoms with Crippen molar-refractivity contribution in [3.63, 3.8) is 0 Å². The van der Waals surface area contributed by atoms with Gasteiger partial charge < -0.3 is 4.90 Å². The average Bonchev–Trinajstić information content (AvgIpc) is 3.32. The second-order valence-corrected chi connectivity index (χ2v) is 6.80. The smallest absolute Gasteiger partial charge is 0.136 e. The lowest BCUT2D eigenvalue weighted by atomic mass is 10.0. The van der Waals surface area contributed by atoms with Crippen LogP contribution in [0, 0.1) is 0 Å². The third kappa shape index (κ3) is 2.68. The van der Waals surface area contributed by atoms with Gasteiger partial charge in [0.15, 0.2) is 0 Å². The van der Waals surface area contributed by atoms with Crippen molar-refractivity contribution < 1.29 is 0 Å². The van der Waals surface area contributed by atoms with E-state index in [0.717, 1.165) is 22.3 Å². The van der Waals surface area contributed by atoms with Gasteiger partial charge in [-0.1, -0.05) is 17.4 Å². The third-order valence-electron chi connectivity index (χ3n) is 5.01. The summed E-state index contributed by atoms with van der Waals surface area (Å²) in [4.78, 5) is 6.45. The Morgan fingerprint density at radius 2 is 2.11 bits per heavy atom. The van der Waals surface area contributed by atoms with Gasteiger partial charge in [0.2, 0.25) is 0 Å². The van der Waals surface area contributed by atoms with Crippen LogP contribution in [0.25, 0.3) is 10.9 Å². The second-order valence-electron chi connectivity index (χ2n) is 6.80. The van der Waals surface area contributed by atoms with Crippen LogP contribution in [0.5, 0.6) is 0 Å². The predicted octanol–water partition coefficient (Wildman–Crippen LogP) is 3.96. The van der Waals surface area contributed by atoms with Crippen LogP contribution in [0.15, 0.2) is 83.4 Å². The summed E-state index contributed by atoms with van der Waals surface area (Å²) in [5.74, 6) is 0. The lowest BCUT2D eigenvalue weighted by Crippen LogP contribution is -2.26. The summed E-state index contributed by atoms with van der Waals surface area (Å²) >= 11 is 0. The lowest BCUT2D eigenvalue weighted by molar-refractivity contribution is 0.290. The second kappa shape index (κ2) is 6.05. The number of benzene rings is 1. The Kier molecular flexibility index (Phi) is 3.53. The van der Waals surface area contributed by atoms with Crippen LogP contribution in [0.3, 0.4) is 0 Å². The highest BCUT2D eigenvalue weighted by Crippen LogP contribution is 2.36. The zero-order valence-electron chi connectivity index (χ0n) is 15.1. The molecule has 5 rings (SSSR count). The lowest BCUT2D eigenvalue weighted by Gasteiger charge is -2.28. The molecule has 2 unspecified atom stereocenters.